The van der Waals surface area contributed by atoms with Crippen LogP contribution in [0.4, 0.5) is 5.69 Å². The molecule has 0 unspecified atom stereocenters. The summed E-state index contributed by atoms with van der Waals surface area (Å²) in [6.45, 7) is 5.31. The van der Waals surface area contributed by atoms with Gasteiger partial charge in [0.15, 0.2) is 0 Å². The third-order valence-corrected chi connectivity index (χ3v) is 7.49. The fourth-order valence-corrected chi connectivity index (χ4v) is 5.33. The first-order valence-electron chi connectivity index (χ1n) is 11.7. The van der Waals surface area contributed by atoms with Gasteiger partial charge in [-0.15, -0.1) is 0 Å². The van der Waals surface area contributed by atoms with E-state index in [4.69, 9.17) is 0 Å². The number of nitrogens with zero attached hydrogens (tertiary/aromatic N) is 2. The predicted octanol–water partition coefficient (Wildman–Crippen LogP) is 3.55. The molecule has 2 aromatic rings. The zero-order chi connectivity index (χ0) is 24.9. The molecule has 184 valence electrons. The number of para-hydroxylation sites is 1. The normalized spacial score (nSPS) is 15.1. The standard InChI is InChI=1S/C26H35N3O4S/c1-19-10-9-12-22(16-19)17-28(21(3)26(31)27-23-13-6-7-14-23)25(30)18-29(34(4,32)33)24-15-8-5-11-20(24)2/h5,8-12,15-16,21,23H,6-7,13-14,17-18H2,1-4H3,(H,27,31)/t21-/m0/s1. The van der Waals surface area contributed by atoms with Crippen molar-refractivity contribution in [3.05, 3.63) is 65.2 Å². The van der Waals surface area contributed by atoms with Crippen molar-refractivity contribution in [2.45, 2.75) is 65.1 Å². The maximum atomic E-state index is 13.6. The molecule has 0 bridgehead atoms. The van der Waals surface area contributed by atoms with Gasteiger partial charge in [-0.05, 0) is 50.8 Å². The van der Waals surface area contributed by atoms with Gasteiger partial charge in [0.2, 0.25) is 21.8 Å². The molecule has 0 aromatic heterocycles. The number of rotatable bonds is 9. The van der Waals surface area contributed by atoms with Crippen LogP contribution in [0.25, 0.3) is 0 Å². The Labute approximate surface area is 203 Å². The molecule has 1 N–H and O–H groups in total. The molecule has 0 radical (unpaired) electrons. The summed E-state index contributed by atoms with van der Waals surface area (Å²) in [7, 11) is -3.73. The number of hydrogen-bond donors (Lipinski definition) is 1. The molecule has 34 heavy (non-hydrogen) atoms. The molecule has 1 saturated carbocycles. The minimum absolute atomic E-state index is 0.130. The van der Waals surface area contributed by atoms with Gasteiger partial charge in [-0.2, -0.15) is 0 Å². The fraction of sp³-hybridized carbons (Fsp3) is 0.462. The van der Waals surface area contributed by atoms with Crippen LogP contribution in [0.3, 0.4) is 0 Å². The second kappa shape index (κ2) is 11.0. The monoisotopic (exact) mass is 485 g/mol. The molecule has 0 aliphatic heterocycles. The fourth-order valence-electron chi connectivity index (χ4n) is 4.42. The van der Waals surface area contributed by atoms with Crippen LogP contribution in [0.15, 0.2) is 48.5 Å². The smallest absolute Gasteiger partial charge is 0.244 e. The highest BCUT2D eigenvalue weighted by Crippen LogP contribution is 2.23. The molecule has 7 nitrogen and oxygen atoms in total. The Morgan fingerprint density at radius 2 is 1.74 bits per heavy atom. The lowest BCUT2D eigenvalue weighted by Crippen LogP contribution is -2.52. The average Bonchev–Trinajstić information content (AvgIpc) is 3.28. The lowest BCUT2D eigenvalue weighted by molar-refractivity contribution is -0.139. The van der Waals surface area contributed by atoms with Crippen LogP contribution in [-0.4, -0.2) is 50.0 Å². The van der Waals surface area contributed by atoms with Crippen LogP contribution >= 0.6 is 0 Å². The lowest BCUT2D eigenvalue weighted by atomic mass is 10.1. The number of carbonyl (C=O) groups is 2. The van der Waals surface area contributed by atoms with Gasteiger partial charge in [-0.3, -0.25) is 13.9 Å². The van der Waals surface area contributed by atoms with Gasteiger partial charge in [0.05, 0.1) is 11.9 Å². The minimum atomic E-state index is -3.73. The van der Waals surface area contributed by atoms with Crippen molar-refractivity contribution in [3.63, 3.8) is 0 Å². The number of hydrogen-bond acceptors (Lipinski definition) is 4. The largest absolute Gasteiger partial charge is 0.352 e. The average molecular weight is 486 g/mol. The van der Waals surface area contributed by atoms with Crippen molar-refractivity contribution >= 4 is 27.5 Å². The summed E-state index contributed by atoms with van der Waals surface area (Å²) < 4.78 is 26.4. The first-order valence-corrected chi connectivity index (χ1v) is 13.6. The molecule has 2 amide bonds. The van der Waals surface area contributed by atoms with E-state index >= 15 is 0 Å². The minimum Gasteiger partial charge on any atom is -0.352 e. The van der Waals surface area contributed by atoms with E-state index in [1.54, 1.807) is 32.0 Å². The summed E-state index contributed by atoms with van der Waals surface area (Å²) in [5.41, 5.74) is 3.14. The molecule has 1 fully saturated rings. The molecule has 3 rings (SSSR count). The van der Waals surface area contributed by atoms with Crippen LogP contribution < -0.4 is 9.62 Å². The van der Waals surface area contributed by atoms with E-state index in [0.29, 0.717) is 5.69 Å². The number of benzene rings is 2. The van der Waals surface area contributed by atoms with E-state index in [-0.39, 0.29) is 25.0 Å². The van der Waals surface area contributed by atoms with E-state index in [0.717, 1.165) is 52.9 Å². The second-order valence-electron chi connectivity index (χ2n) is 9.23. The third-order valence-electron chi connectivity index (χ3n) is 6.37. The summed E-state index contributed by atoms with van der Waals surface area (Å²) >= 11 is 0. The summed E-state index contributed by atoms with van der Waals surface area (Å²) in [5, 5.41) is 3.07. The van der Waals surface area contributed by atoms with Crippen LogP contribution in [0.2, 0.25) is 0 Å². The molecule has 1 aliphatic rings. The Morgan fingerprint density at radius 3 is 2.35 bits per heavy atom. The highest BCUT2D eigenvalue weighted by Gasteiger charge is 2.31. The Kier molecular flexibility index (Phi) is 8.36. The van der Waals surface area contributed by atoms with E-state index in [1.807, 2.05) is 37.3 Å². The summed E-state index contributed by atoms with van der Waals surface area (Å²) in [6.07, 6.45) is 5.16. The van der Waals surface area contributed by atoms with E-state index in [2.05, 4.69) is 5.32 Å². The van der Waals surface area contributed by atoms with E-state index < -0.39 is 22.0 Å². The summed E-state index contributed by atoms with van der Waals surface area (Å²) in [4.78, 5) is 28.2. The van der Waals surface area contributed by atoms with Gasteiger partial charge >= 0.3 is 0 Å². The number of nitrogens with one attached hydrogen (secondary N) is 1. The highest BCUT2D eigenvalue weighted by molar-refractivity contribution is 7.92. The van der Waals surface area contributed by atoms with Gasteiger partial charge in [-0.25, -0.2) is 8.42 Å². The van der Waals surface area contributed by atoms with Crippen LogP contribution in [0, 0.1) is 13.8 Å². The molecular formula is C26H35N3O4S. The van der Waals surface area contributed by atoms with Crippen molar-refractivity contribution in [1.29, 1.82) is 0 Å². The number of carbonyl (C=O) groups excluding carboxylic acids is 2. The van der Waals surface area contributed by atoms with Crippen molar-refractivity contribution in [1.82, 2.24) is 10.2 Å². The van der Waals surface area contributed by atoms with Gasteiger partial charge < -0.3 is 10.2 Å². The first-order chi connectivity index (χ1) is 16.1. The van der Waals surface area contributed by atoms with Crippen LogP contribution in [-0.2, 0) is 26.2 Å². The summed E-state index contributed by atoms with van der Waals surface area (Å²) in [6, 6.07) is 14.2. The maximum absolute atomic E-state index is 13.6. The van der Waals surface area contributed by atoms with E-state index in [1.165, 1.54) is 4.90 Å². The van der Waals surface area contributed by atoms with Gasteiger partial charge in [0.25, 0.3) is 0 Å². The quantitative estimate of drug-likeness (QED) is 0.589. The molecule has 2 aromatic carbocycles. The zero-order valence-corrected chi connectivity index (χ0v) is 21.3. The van der Waals surface area contributed by atoms with Gasteiger partial charge in [0.1, 0.15) is 12.6 Å². The summed E-state index contributed by atoms with van der Waals surface area (Å²) in [5.74, 6) is -0.640. The third kappa shape index (κ3) is 6.59. The molecule has 1 atom stereocenters. The Balaban J connectivity index is 1.89. The maximum Gasteiger partial charge on any atom is 0.244 e. The van der Waals surface area contributed by atoms with E-state index in [9.17, 15) is 18.0 Å². The first kappa shape index (κ1) is 25.7. The van der Waals surface area contributed by atoms with Crippen molar-refractivity contribution in [2.24, 2.45) is 0 Å². The molecular weight excluding hydrogens is 450 g/mol. The van der Waals surface area contributed by atoms with Crippen LogP contribution in [0.1, 0.15) is 49.3 Å². The molecule has 0 heterocycles. The number of sulfonamides is 1. The number of amides is 2. The van der Waals surface area contributed by atoms with Gasteiger partial charge in [-0.1, -0.05) is 60.9 Å². The van der Waals surface area contributed by atoms with Crippen molar-refractivity contribution in [2.75, 3.05) is 17.1 Å². The van der Waals surface area contributed by atoms with Crippen molar-refractivity contribution in [3.8, 4) is 0 Å². The molecule has 8 heteroatoms. The Morgan fingerprint density at radius 1 is 1.06 bits per heavy atom. The van der Waals surface area contributed by atoms with Crippen LogP contribution in [0.5, 0.6) is 0 Å². The lowest BCUT2D eigenvalue weighted by Gasteiger charge is -2.32. The Bertz CT molecular complexity index is 1130. The zero-order valence-electron chi connectivity index (χ0n) is 20.5. The highest BCUT2D eigenvalue weighted by atomic mass is 32.2. The van der Waals surface area contributed by atoms with Crippen molar-refractivity contribution < 1.29 is 18.0 Å². The SMILES string of the molecule is Cc1cccc(CN(C(=O)CN(c2ccccc2C)S(C)(=O)=O)[C@@H](C)C(=O)NC2CCCC2)c1. The Hall–Kier alpha value is -2.87. The number of aryl methyl sites for hydroxylation is 2. The molecule has 1 aliphatic carbocycles. The molecule has 0 spiro atoms. The number of anilines is 1. The second-order valence-corrected chi connectivity index (χ2v) is 11.1. The topological polar surface area (TPSA) is 86.8 Å². The predicted molar refractivity (Wildman–Crippen MR) is 135 cm³/mol. The molecule has 0 saturated heterocycles. The van der Waals surface area contributed by atoms with Gasteiger partial charge in [0, 0.05) is 12.6 Å².